The van der Waals surface area contributed by atoms with E-state index in [4.69, 9.17) is 4.74 Å². The van der Waals surface area contributed by atoms with Crippen LogP contribution in [0.5, 0.6) is 0 Å². The van der Waals surface area contributed by atoms with Gasteiger partial charge in [0, 0.05) is 5.69 Å². The van der Waals surface area contributed by atoms with Gasteiger partial charge in [-0.2, -0.15) is 0 Å². The minimum atomic E-state index is -0.311. The molecule has 1 aromatic heterocycles. The molecule has 0 amide bonds. The van der Waals surface area contributed by atoms with Crippen molar-refractivity contribution >= 4 is 28.1 Å². The molecule has 0 aliphatic rings. The van der Waals surface area contributed by atoms with Crippen molar-refractivity contribution in [2.24, 2.45) is 0 Å². The number of nitrogens with zero attached hydrogens (tertiary/aromatic N) is 1. The summed E-state index contributed by atoms with van der Waals surface area (Å²) in [6, 6.07) is 8.01. The number of anilines is 2. The van der Waals surface area contributed by atoms with Crippen LogP contribution in [-0.2, 0) is 4.74 Å². The molecule has 0 aliphatic carbocycles. The second kappa shape index (κ2) is 5.84. The number of nitrogens with one attached hydrogen (secondary N) is 1. The Balaban J connectivity index is 2.16. The van der Waals surface area contributed by atoms with Gasteiger partial charge in [0.2, 0.25) is 0 Å². The molecule has 1 aromatic carbocycles. The lowest BCUT2D eigenvalue weighted by Crippen LogP contribution is -2.03. The van der Waals surface area contributed by atoms with Gasteiger partial charge in [0.15, 0.2) is 5.13 Å². The van der Waals surface area contributed by atoms with Crippen molar-refractivity contribution in [3.63, 3.8) is 0 Å². The summed E-state index contributed by atoms with van der Waals surface area (Å²) in [4.78, 5) is 16.6. The van der Waals surface area contributed by atoms with Gasteiger partial charge in [0.05, 0.1) is 12.3 Å². The first-order chi connectivity index (χ1) is 9.10. The Morgan fingerprint density at radius 1 is 1.32 bits per heavy atom. The van der Waals surface area contributed by atoms with Gasteiger partial charge in [-0.05, 0) is 32.9 Å². The second-order valence-electron chi connectivity index (χ2n) is 4.15. The molecule has 0 unspecified atom stereocenters. The molecule has 0 atom stereocenters. The van der Waals surface area contributed by atoms with Gasteiger partial charge in [0.1, 0.15) is 4.88 Å². The smallest absolute Gasteiger partial charge is 0.350 e. The first-order valence-electron chi connectivity index (χ1n) is 6.08. The fourth-order valence-electron chi connectivity index (χ4n) is 1.60. The zero-order chi connectivity index (χ0) is 13.8. The fourth-order valence-corrected chi connectivity index (χ4v) is 2.48. The SMILES string of the molecule is CCOC(=O)c1sc(Nc2ccc(C)cc2)nc1C. The van der Waals surface area contributed by atoms with Crippen molar-refractivity contribution < 1.29 is 9.53 Å². The highest BCUT2D eigenvalue weighted by atomic mass is 32.1. The predicted octanol–water partition coefficient (Wildman–Crippen LogP) is 3.68. The number of aromatic nitrogens is 1. The van der Waals surface area contributed by atoms with Crippen LogP contribution in [0.1, 0.15) is 27.9 Å². The zero-order valence-electron chi connectivity index (χ0n) is 11.2. The fraction of sp³-hybridized carbons (Fsp3) is 0.286. The minimum absolute atomic E-state index is 0.311. The van der Waals surface area contributed by atoms with Gasteiger partial charge in [0.25, 0.3) is 0 Å². The minimum Gasteiger partial charge on any atom is -0.462 e. The number of hydrogen-bond acceptors (Lipinski definition) is 5. The van der Waals surface area contributed by atoms with Crippen molar-refractivity contribution in [3.05, 3.63) is 40.4 Å². The van der Waals surface area contributed by atoms with Gasteiger partial charge in [-0.1, -0.05) is 29.0 Å². The summed E-state index contributed by atoms with van der Waals surface area (Å²) in [6.07, 6.45) is 0. The normalized spacial score (nSPS) is 10.3. The van der Waals surface area contributed by atoms with Gasteiger partial charge in [-0.3, -0.25) is 0 Å². The van der Waals surface area contributed by atoms with Crippen molar-refractivity contribution in [1.82, 2.24) is 4.98 Å². The maximum Gasteiger partial charge on any atom is 0.350 e. The van der Waals surface area contributed by atoms with Gasteiger partial charge in [-0.15, -0.1) is 0 Å². The third-order valence-electron chi connectivity index (χ3n) is 2.56. The highest BCUT2D eigenvalue weighted by Gasteiger charge is 2.16. The maximum atomic E-state index is 11.7. The number of aryl methyl sites for hydroxylation is 2. The number of ether oxygens (including phenoxy) is 1. The molecule has 0 aliphatic heterocycles. The summed E-state index contributed by atoms with van der Waals surface area (Å²) < 4.78 is 4.99. The molecule has 0 saturated heterocycles. The molecule has 2 aromatic rings. The predicted molar refractivity (Wildman–Crippen MR) is 77.3 cm³/mol. The topological polar surface area (TPSA) is 51.2 Å². The van der Waals surface area contributed by atoms with E-state index in [1.54, 1.807) is 6.92 Å². The van der Waals surface area contributed by atoms with Gasteiger partial charge in [-0.25, -0.2) is 9.78 Å². The Morgan fingerprint density at radius 2 is 2.00 bits per heavy atom. The average molecular weight is 276 g/mol. The summed E-state index contributed by atoms with van der Waals surface area (Å²) >= 11 is 1.31. The maximum absolute atomic E-state index is 11.7. The second-order valence-corrected chi connectivity index (χ2v) is 5.14. The van der Waals surface area contributed by atoms with Crippen LogP contribution in [0.25, 0.3) is 0 Å². The molecule has 0 saturated carbocycles. The van der Waals surface area contributed by atoms with E-state index < -0.39 is 0 Å². The molecule has 2 rings (SSSR count). The number of esters is 1. The number of carbonyl (C=O) groups excluding carboxylic acids is 1. The molecule has 0 fully saturated rings. The van der Waals surface area contributed by atoms with Gasteiger partial charge < -0.3 is 10.1 Å². The van der Waals surface area contributed by atoms with Crippen LogP contribution in [-0.4, -0.2) is 17.6 Å². The van der Waals surface area contributed by atoms with E-state index in [0.717, 1.165) is 5.69 Å². The number of benzene rings is 1. The largest absolute Gasteiger partial charge is 0.462 e. The molecule has 1 N–H and O–H groups in total. The van der Waals surface area contributed by atoms with E-state index in [9.17, 15) is 4.79 Å². The van der Waals surface area contributed by atoms with E-state index in [0.29, 0.717) is 22.3 Å². The number of carbonyl (C=O) groups is 1. The van der Waals surface area contributed by atoms with Crippen LogP contribution in [0, 0.1) is 13.8 Å². The lowest BCUT2D eigenvalue weighted by molar-refractivity contribution is 0.0531. The number of hydrogen-bond donors (Lipinski definition) is 1. The highest BCUT2D eigenvalue weighted by molar-refractivity contribution is 7.17. The Hall–Kier alpha value is -1.88. The Labute approximate surface area is 116 Å². The average Bonchev–Trinajstić information content (AvgIpc) is 2.74. The molecule has 100 valence electrons. The number of rotatable bonds is 4. The molecular formula is C14H16N2O2S. The van der Waals surface area contributed by atoms with Gasteiger partial charge >= 0.3 is 5.97 Å². The molecular weight excluding hydrogens is 260 g/mol. The lowest BCUT2D eigenvalue weighted by Gasteiger charge is -2.02. The van der Waals surface area contributed by atoms with Crippen molar-refractivity contribution in [2.75, 3.05) is 11.9 Å². The molecule has 0 bridgehead atoms. The lowest BCUT2D eigenvalue weighted by atomic mass is 10.2. The first kappa shape index (κ1) is 13.5. The van der Waals surface area contributed by atoms with Crippen LogP contribution < -0.4 is 5.32 Å². The summed E-state index contributed by atoms with van der Waals surface area (Å²) in [7, 11) is 0. The van der Waals surface area contributed by atoms with E-state index in [2.05, 4.69) is 10.3 Å². The van der Waals surface area contributed by atoms with E-state index in [1.165, 1.54) is 16.9 Å². The summed E-state index contributed by atoms with van der Waals surface area (Å²) in [5.74, 6) is -0.311. The quantitative estimate of drug-likeness (QED) is 0.865. The molecule has 0 radical (unpaired) electrons. The third kappa shape index (κ3) is 3.32. The zero-order valence-corrected chi connectivity index (χ0v) is 12.0. The first-order valence-corrected chi connectivity index (χ1v) is 6.90. The molecule has 4 nitrogen and oxygen atoms in total. The Kier molecular flexibility index (Phi) is 4.16. The van der Waals surface area contributed by atoms with Crippen molar-refractivity contribution in [3.8, 4) is 0 Å². The Morgan fingerprint density at radius 3 is 2.63 bits per heavy atom. The monoisotopic (exact) mass is 276 g/mol. The Bertz CT molecular complexity index is 576. The highest BCUT2D eigenvalue weighted by Crippen LogP contribution is 2.26. The molecule has 0 spiro atoms. The molecule has 5 heteroatoms. The molecule has 1 heterocycles. The van der Waals surface area contributed by atoms with Crippen LogP contribution in [0.2, 0.25) is 0 Å². The van der Waals surface area contributed by atoms with Crippen LogP contribution >= 0.6 is 11.3 Å². The molecule has 19 heavy (non-hydrogen) atoms. The number of thiazole rings is 1. The van der Waals surface area contributed by atoms with Crippen molar-refractivity contribution in [1.29, 1.82) is 0 Å². The standard InChI is InChI=1S/C14H16N2O2S/c1-4-18-13(17)12-10(3)15-14(19-12)16-11-7-5-9(2)6-8-11/h5-8H,4H2,1-3H3,(H,15,16). The van der Waals surface area contributed by atoms with Crippen LogP contribution in [0.15, 0.2) is 24.3 Å². The summed E-state index contributed by atoms with van der Waals surface area (Å²) in [5, 5.41) is 3.89. The van der Waals surface area contributed by atoms with E-state index >= 15 is 0 Å². The third-order valence-corrected chi connectivity index (χ3v) is 3.61. The van der Waals surface area contributed by atoms with E-state index in [-0.39, 0.29) is 5.97 Å². The van der Waals surface area contributed by atoms with E-state index in [1.807, 2.05) is 38.1 Å². The van der Waals surface area contributed by atoms with Crippen LogP contribution in [0.3, 0.4) is 0 Å². The van der Waals surface area contributed by atoms with Crippen LogP contribution in [0.4, 0.5) is 10.8 Å². The summed E-state index contributed by atoms with van der Waals surface area (Å²) in [6.45, 7) is 6.01. The summed E-state index contributed by atoms with van der Waals surface area (Å²) in [5.41, 5.74) is 2.85. The van der Waals surface area contributed by atoms with Crippen molar-refractivity contribution in [2.45, 2.75) is 20.8 Å².